The Bertz CT molecular complexity index is 598. The molecule has 0 aliphatic heterocycles. The number of hydrogen-bond donors (Lipinski definition) is 2. The monoisotopic (exact) mass is 292 g/mol. The molecule has 1 amide bonds. The average molecular weight is 292 g/mol. The first-order chi connectivity index (χ1) is 9.65. The highest BCUT2D eigenvalue weighted by atomic mass is 32.1. The smallest absolute Gasteiger partial charge is 0.271 e. The summed E-state index contributed by atoms with van der Waals surface area (Å²) in [6.45, 7) is 1.63. The number of rotatable bonds is 5. The van der Waals surface area contributed by atoms with E-state index in [1.807, 2.05) is 24.3 Å². The summed E-state index contributed by atoms with van der Waals surface area (Å²) >= 11 is 1.38. The fourth-order valence-corrected chi connectivity index (χ4v) is 2.50. The molecule has 0 aliphatic rings. The van der Waals surface area contributed by atoms with Crippen molar-refractivity contribution in [1.82, 2.24) is 10.3 Å². The van der Waals surface area contributed by atoms with Crippen LogP contribution in [0, 0.1) is 0 Å². The Morgan fingerprint density at radius 3 is 2.95 bits per heavy atom. The molecule has 2 N–H and O–H groups in total. The number of carbonyl (C=O) groups excluding carboxylic acids is 1. The van der Waals surface area contributed by atoms with Crippen LogP contribution in [0.25, 0.3) is 10.6 Å². The predicted octanol–water partition coefficient (Wildman–Crippen LogP) is 1.93. The summed E-state index contributed by atoms with van der Waals surface area (Å²) in [5.74, 6) is 0.432. The molecular weight excluding hydrogens is 276 g/mol. The van der Waals surface area contributed by atoms with Gasteiger partial charge in [0.15, 0.2) is 0 Å². The van der Waals surface area contributed by atoms with Crippen molar-refractivity contribution in [2.75, 3.05) is 13.7 Å². The summed E-state index contributed by atoms with van der Waals surface area (Å²) in [5.41, 5.74) is 1.20. The molecule has 0 spiro atoms. The second kappa shape index (κ2) is 6.49. The van der Waals surface area contributed by atoms with Gasteiger partial charge in [-0.05, 0) is 19.1 Å². The van der Waals surface area contributed by atoms with Gasteiger partial charge in [-0.25, -0.2) is 4.98 Å². The molecule has 1 heterocycles. The summed E-state index contributed by atoms with van der Waals surface area (Å²) in [6, 6.07) is 7.23. The number of amides is 1. The van der Waals surface area contributed by atoms with Gasteiger partial charge in [0.05, 0.1) is 19.3 Å². The van der Waals surface area contributed by atoms with Gasteiger partial charge < -0.3 is 15.2 Å². The molecule has 0 aliphatic carbocycles. The molecule has 2 rings (SSSR count). The summed E-state index contributed by atoms with van der Waals surface area (Å²) in [5, 5.41) is 14.0. The highest BCUT2D eigenvalue weighted by Crippen LogP contribution is 2.31. The number of methoxy groups -OCH3 is 1. The molecule has 1 aromatic carbocycles. The zero-order chi connectivity index (χ0) is 14.5. The molecule has 1 atom stereocenters. The lowest BCUT2D eigenvalue weighted by Gasteiger charge is -2.08. The van der Waals surface area contributed by atoms with Crippen molar-refractivity contribution in [3.05, 3.63) is 35.3 Å². The van der Waals surface area contributed by atoms with Crippen LogP contribution in [0.3, 0.4) is 0 Å². The molecular formula is C14H16N2O3S. The second-order valence-electron chi connectivity index (χ2n) is 4.30. The van der Waals surface area contributed by atoms with Crippen molar-refractivity contribution in [2.24, 2.45) is 0 Å². The maximum Gasteiger partial charge on any atom is 0.271 e. The van der Waals surface area contributed by atoms with Crippen LogP contribution in [0.1, 0.15) is 17.4 Å². The van der Waals surface area contributed by atoms with E-state index in [1.165, 1.54) is 11.3 Å². The minimum Gasteiger partial charge on any atom is -0.496 e. The summed E-state index contributed by atoms with van der Waals surface area (Å²) in [7, 11) is 1.60. The van der Waals surface area contributed by atoms with E-state index in [0.29, 0.717) is 5.69 Å². The van der Waals surface area contributed by atoms with Gasteiger partial charge in [-0.3, -0.25) is 4.79 Å². The molecule has 0 bridgehead atoms. The molecule has 6 heteroatoms. The molecule has 1 unspecified atom stereocenters. The van der Waals surface area contributed by atoms with E-state index in [1.54, 1.807) is 19.4 Å². The summed E-state index contributed by atoms with van der Waals surface area (Å²) < 4.78 is 5.28. The molecule has 5 nitrogen and oxygen atoms in total. The van der Waals surface area contributed by atoms with E-state index in [0.717, 1.165) is 16.3 Å². The van der Waals surface area contributed by atoms with Crippen molar-refractivity contribution in [1.29, 1.82) is 0 Å². The first kappa shape index (κ1) is 14.5. The van der Waals surface area contributed by atoms with Crippen LogP contribution < -0.4 is 10.1 Å². The number of benzene rings is 1. The minimum atomic E-state index is -0.293. The largest absolute Gasteiger partial charge is 0.496 e. The van der Waals surface area contributed by atoms with Gasteiger partial charge in [-0.2, -0.15) is 0 Å². The SMILES string of the molecule is COc1ccccc1-c1nc(C(=O)NC(C)CO)cs1. The topological polar surface area (TPSA) is 71.5 Å². The number of ether oxygens (including phenoxy) is 1. The minimum absolute atomic E-state index is 0.102. The fraction of sp³-hybridized carbons (Fsp3) is 0.286. The van der Waals surface area contributed by atoms with Gasteiger partial charge in [-0.15, -0.1) is 11.3 Å². The second-order valence-corrected chi connectivity index (χ2v) is 5.15. The lowest BCUT2D eigenvalue weighted by atomic mass is 10.2. The van der Waals surface area contributed by atoms with E-state index in [9.17, 15) is 4.79 Å². The Morgan fingerprint density at radius 2 is 2.25 bits per heavy atom. The Hall–Kier alpha value is -1.92. The third-order valence-corrected chi connectivity index (χ3v) is 3.60. The lowest BCUT2D eigenvalue weighted by Crippen LogP contribution is -2.35. The number of carbonyl (C=O) groups is 1. The number of nitrogens with zero attached hydrogens (tertiary/aromatic N) is 1. The van der Waals surface area contributed by atoms with Crippen LogP contribution in [0.15, 0.2) is 29.6 Å². The Morgan fingerprint density at radius 1 is 1.50 bits per heavy atom. The Kier molecular flexibility index (Phi) is 4.70. The predicted molar refractivity (Wildman–Crippen MR) is 78.1 cm³/mol. The Balaban J connectivity index is 2.22. The maximum atomic E-state index is 11.9. The summed E-state index contributed by atoms with van der Waals surface area (Å²) in [4.78, 5) is 16.2. The quantitative estimate of drug-likeness (QED) is 0.883. The number of aliphatic hydroxyl groups excluding tert-OH is 1. The molecule has 0 saturated carbocycles. The molecule has 0 saturated heterocycles. The van der Waals surface area contributed by atoms with Crippen LogP contribution in [0.5, 0.6) is 5.75 Å². The van der Waals surface area contributed by atoms with Crippen molar-refractivity contribution in [3.8, 4) is 16.3 Å². The zero-order valence-electron chi connectivity index (χ0n) is 11.3. The summed E-state index contributed by atoms with van der Waals surface area (Å²) in [6.07, 6.45) is 0. The third-order valence-electron chi connectivity index (χ3n) is 2.73. The van der Waals surface area contributed by atoms with Gasteiger partial charge in [-0.1, -0.05) is 12.1 Å². The van der Waals surface area contributed by atoms with E-state index in [4.69, 9.17) is 9.84 Å². The van der Waals surface area contributed by atoms with E-state index in [2.05, 4.69) is 10.3 Å². The van der Waals surface area contributed by atoms with Gasteiger partial charge in [0.25, 0.3) is 5.91 Å². The van der Waals surface area contributed by atoms with Crippen LogP contribution in [0.4, 0.5) is 0 Å². The van der Waals surface area contributed by atoms with E-state index < -0.39 is 0 Å². The van der Waals surface area contributed by atoms with Crippen molar-refractivity contribution in [2.45, 2.75) is 13.0 Å². The third kappa shape index (κ3) is 3.15. The number of nitrogens with one attached hydrogen (secondary N) is 1. The molecule has 106 valence electrons. The zero-order valence-corrected chi connectivity index (χ0v) is 12.1. The van der Waals surface area contributed by atoms with Gasteiger partial charge in [0, 0.05) is 11.4 Å². The van der Waals surface area contributed by atoms with Gasteiger partial charge >= 0.3 is 0 Å². The average Bonchev–Trinajstić information content (AvgIpc) is 2.96. The standard InChI is InChI=1S/C14H16N2O3S/c1-9(7-17)15-13(18)11-8-20-14(16-11)10-5-3-4-6-12(10)19-2/h3-6,8-9,17H,7H2,1-2H3,(H,15,18). The molecule has 0 fully saturated rings. The van der Waals surface area contributed by atoms with Crippen molar-refractivity contribution in [3.63, 3.8) is 0 Å². The van der Waals surface area contributed by atoms with Crippen LogP contribution >= 0.6 is 11.3 Å². The lowest BCUT2D eigenvalue weighted by molar-refractivity contribution is 0.0918. The van der Waals surface area contributed by atoms with E-state index >= 15 is 0 Å². The van der Waals surface area contributed by atoms with Crippen LogP contribution in [0.2, 0.25) is 0 Å². The molecule has 20 heavy (non-hydrogen) atoms. The van der Waals surface area contributed by atoms with E-state index in [-0.39, 0.29) is 18.6 Å². The maximum absolute atomic E-state index is 11.9. The Labute approximate surface area is 121 Å². The normalized spacial score (nSPS) is 11.9. The number of para-hydroxylation sites is 1. The first-order valence-corrected chi connectivity index (χ1v) is 7.04. The highest BCUT2D eigenvalue weighted by Gasteiger charge is 2.15. The van der Waals surface area contributed by atoms with Gasteiger partial charge in [0.1, 0.15) is 16.5 Å². The number of aliphatic hydroxyl groups is 1. The van der Waals surface area contributed by atoms with Crippen LogP contribution in [-0.2, 0) is 0 Å². The van der Waals surface area contributed by atoms with Crippen molar-refractivity contribution >= 4 is 17.2 Å². The van der Waals surface area contributed by atoms with Crippen molar-refractivity contribution < 1.29 is 14.6 Å². The fourth-order valence-electron chi connectivity index (χ4n) is 1.67. The molecule has 2 aromatic rings. The number of aromatic nitrogens is 1. The highest BCUT2D eigenvalue weighted by molar-refractivity contribution is 7.13. The molecule has 1 aromatic heterocycles. The first-order valence-electron chi connectivity index (χ1n) is 6.16. The van der Waals surface area contributed by atoms with Gasteiger partial charge in [0.2, 0.25) is 0 Å². The number of thiazole rings is 1. The van der Waals surface area contributed by atoms with Crippen LogP contribution in [-0.4, -0.2) is 35.8 Å². The number of hydrogen-bond acceptors (Lipinski definition) is 5. The molecule has 0 radical (unpaired) electrons.